The van der Waals surface area contributed by atoms with Crippen molar-refractivity contribution in [3.63, 3.8) is 0 Å². The highest BCUT2D eigenvalue weighted by Gasteiger charge is 2.17. The molecule has 1 aromatic rings. The second-order valence-electron chi connectivity index (χ2n) is 5.31. The van der Waals surface area contributed by atoms with Crippen molar-refractivity contribution in [2.45, 2.75) is 12.2 Å². The van der Waals surface area contributed by atoms with Gasteiger partial charge < -0.3 is 24.8 Å². The fourth-order valence-electron chi connectivity index (χ4n) is 2.21. The van der Waals surface area contributed by atoms with Gasteiger partial charge in [0.15, 0.2) is 11.6 Å². The highest BCUT2D eigenvalue weighted by Crippen LogP contribution is 2.15. The number of benzene rings is 1. The molecule has 118 valence electrons. The van der Waals surface area contributed by atoms with Gasteiger partial charge in [0, 0.05) is 26.2 Å². The second kappa shape index (κ2) is 8.29. The number of halogens is 1. The van der Waals surface area contributed by atoms with Gasteiger partial charge in [0.2, 0.25) is 0 Å². The minimum absolute atomic E-state index is 0.0549. The molecule has 2 atom stereocenters. The zero-order valence-corrected chi connectivity index (χ0v) is 12.3. The number of para-hydroxylation sites is 1. The number of hydrogen-bond donors (Lipinski definition) is 2. The Labute approximate surface area is 124 Å². The molecule has 0 bridgehead atoms. The van der Waals surface area contributed by atoms with Crippen molar-refractivity contribution in [3.8, 4) is 5.75 Å². The number of aliphatic hydroxyl groups is 1. The Balaban J connectivity index is 1.61. The molecule has 2 unspecified atom stereocenters. The summed E-state index contributed by atoms with van der Waals surface area (Å²) >= 11 is 0. The maximum absolute atomic E-state index is 13.3. The van der Waals surface area contributed by atoms with E-state index >= 15 is 0 Å². The first-order chi connectivity index (χ1) is 10.1. The van der Waals surface area contributed by atoms with Gasteiger partial charge in [-0.1, -0.05) is 12.1 Å². The van der Waals surface area contributed by atoms with E-state index in [0.29, 0.717) is 13.1 Å². The normalized spacial score (nSPS) is 21.2. The van der Waals surface area contributed by atoms with Crippen LogP contribution in [0.15, 0.2) is 24.3 Å². The number of aliphatic hydroxyl groups excluding tert-OH is 1. The Morgan fingerprint density at radius 1 is 1.52 bits per heavy atom. The maximum atomic E-state index is 13.3. The van der Waals surface area contributed by atoms with E-state index in [-0.39, 0.29) is 18.5 Å². The molecule has 21 heavy (non-hydrogen) atoms. The Morgan fingerprint density at radius 3 is 3.10 bits per heavy atom. The van der Waals surface area contributed by atoms with E-state index in [9.17, 15) is 9.50 Å². The highest BCUT2D eigenvalue weighted by molar-refractivity contribution is 5.23. The molecule has 0 aromatic heterocycles. The molecule has 2 rings (SSSR count). The van der Waals surface area contributed by atoms with Crippen molar-refractivity contribution in [2.24, 2.45) is 0 Å². The maximum Gasteiger partial charge on any atom is 0.165 e. The molecule has 1 saturated heterocycles. The van der Waals surface area contributed by atoms with Crippen LogP contribution >= 0.6 is 0 Å². The molecular formula is C15H23FN2O3. The molecule has 0 amide bonds. The average molecular weight is 298 g/mol. The van der Waals surface area contributed by atoms with Crippen LogP contribution in [0.1, 0.15) is 0 Å². The zero-order valence-electron chi connectivity index (χ0n) is 12.3. The number of rotatable bonds is 7. The van der Waals surface area contributed by atoms with Gasteiger partial charge in [-0.2, -0.15) is 0 Å². The topological polar surface area (TPSA) is 54.0 Å². The number of ether oxygens (including phenoxy) is 2. The van der Waals surface area contributed by atoms with Crippen molar-refractivity contribution >= 4 is 0 Å². The van der Waals surface area contributed by atoms with Gasteiger partial charge in [-0.25, -0.2) is 4.39 Å². The molecule has 0 aliphatic carbocycles. The van der Waals surface area contributed by atoms with Gasteiger partial charge in [-0.3, -0.25) is 0 Å². The zero-order chi connectivity index (χ0) is 15.1. The molecule has 1 aliphatic heterocycles. The van der Waals surface area contributed by atoms with Gasteiger partial charge >= 0.3 is 0 Å². The Bertz CT molecular complexity index is 433. The molecule has 0 spiro atoms. The lowest BCUT2D eigenvalue weighted by Gasteiger charge is -2.30. The summed E-state index contributed by atoms with van der Waals surface area (Å²) in [6, 6.07) is 6.17. The summed E-state index contributed by atoms with van der Waals surface area (Å²) in [7, 11) is 2.06. The summed E-state index contributed by atoms with van der Waals surface area (Å²) in [5.41, 5.74) is 0. The van der Waals surface area contributed by atoms with E-state index < -0.39 is 11.9 Å². The van der Waals surface area contributed by atoms with E-state index in [1.54, 1.807) is 18.2 Å². The fraction of sp³-hybridized carbons (Fsp3) is 0.600. The molecule has 1 aromatic carbocycles. The predicted octanol–water partition coefficient (Wildman–Crippen LogP) is 0.486. The lowest BCUT2D eigenvalue weighted by Crippen LogP contribution is -2.46. The molecule has 0 saturated carbocycles. The standard InChI is InChI=1S/C15H23FN2O3/c1-18-6-7-20-13(10-18)9-17-8-12(19)11-21-15-5-3-2-4-14(15)16/h2-5,12-13,17,19H,6-11H2,1H3. The first-order valence-electron chi connectivity index (χ1n) is 7.21. The summed E-state index contributed by atoms with van der Waals surface area (Å²) in [4.78, 5) is 2.22. The Hall–Kier alpha value is -1.21. The largest absolute Gasteiger partial charge is 0.488 e. The third-order valence-electron chi connectivity index (χ3n) is 3.36. The van der Waals surface area contributed by atoms with Gasteiger partial charge in [-0.15, -0.1) is 0 Å². The summed E-state index contributed by atoms with van der Waals surface area (Å²) in [6.07, 6.45) is -0.547. The van der Waals surface area contributed by atoms with Crippen molar-refractivity contribution in [1.29, 1.82) is 0 Å². The lowest BCUT2D eigenvalue weighted by atomic mass is 10.2. The third-order valence-corrected chi connectivity index (χ3v) is 3.36. The van der Waals surface area contributed by atoms with Crippen LogP contribution < -0.4 is 10.1 Å². The van der Waals surface area contributed by atoms with Gasteiger partial charge in [0.25, 0.3) is 0 Å². The van der Waals surface area contributed by atoms with Crippen LogP contribution in [-0.2, 0) is 4.74 Å². The van der Waals surface area contributed by atoms with E-state index in [2.05, 4.69) is 17.3 Å². The Morgan fingerprint density at radius 2 is 2.33 bits per heavy atom. The van der Waals surface area contributed by atoms with Crippen LogP contribution in [-0.4, -0.2) is 68.7 Å². The number of morpholine rings is 1. The second-order valence-corrected chi connectivity index (χ2v) is 5.31. The molecule has 6 heteroatoms. The highest BCUT2D eigenvalue weighted by atomic mass is 19.1. The minimum Gasteiger partial charge on any atom is -0.488 e. The third kappa shape index (κ3) is 5.59. The summed E-state index contributed by atoms with van der Waals surface area (Å²) in [5, 5.41) is 13.0. The molecular weight excluding hydrogens is 275 g/mol. The van der Waals surface area contributed by atoms with Crippen LogP contribution in [0.25, 0.3) is 0 Å². The predicted molar refractivity (Wildman–Crippen MR) is 78.0 cm³/mol. The first-order valence-corrected chi connectivity index (χ1v) is 7.21. The summed E-state index contributed by atoms with van der Waals surface area (Å²) in [6.45, 7) is 3.70. The number of hydrogen-bond acceptors (Lipinski definition) is 5. The van der Waals surface area contributed by atoms with Crippen LogP contribution in [0, 0.1) is 5.82 Å². The van der Waals surface area contributed by atoms with Gasteiger partial charge in [0.05, 0.1) is 12.7 Å². The smallest absolute Gasteiger partial charge is 0.165 e. The Kier molecular flexibility index (Phi) is 6.38. The minimum atomic E-state index is -0.689. The average Bonchev–Trinajstić information content (AvgIpc) is 2.46. The molecule has 1 aliphatic rings. The van der Waals surface area contributed by atoms with Gasteiger partial charge in [-0.05, 0) is 19.2 Å². The molecule has 2 N–H and O–H groups in total. The van der Waals surface area contributed by atoms with Crippen molar-refractivity contribution in [1.82, 2.24) is 10.2 Å². The summed E-state index contributed by atoms with van der Waals surface area (Å²) in [5.74, 6) is -0.259. The van der Waals surface area contributed by atoms with E-state index in [1.807, 2.05) is 0 Å². The van der Waals surface area contributed by atoms with Crippen LogP contribution in [0.3, 0.4) is 0 Å². The van der Waals surface area contributed by atoms with Crippen LogP contribution in [0.5, 0.6) is 5.75 Å². The van der Waals surface area contributed by atoms with Crippen molar-refractivity contribution in [2.75, 3.05) is 46.4 Å². The number of nitrogens with zero attached hydrogens (tertiary/aromatic N) is 1. The van der Waals surface area contributed by atoms with Crippen molar-refractivity contribution in [3.05, 3.63) is 30.1 Å². The van der Waals surface area contributed by atoms with E-state index in [0.717, 1.165) is 19.7 Å². The molecule has 5 nitrogen and oxygen atoms in total. The lowest BCUT2D eigenvalue weighted by molar-refractivity contribution is -0.0196. The molecule has 0 radical (unpaired) electrons. The van der Waals surface area contributed by atoms with E-state index in [1.165, 1.54) is 6.07 Å². The first kappa shape index (κ1) is 16.2. The summed E-state index contributed by atoms with van der Waals surface area (Å²) < 4.78 is 24.2. The van der Waals surface area contributed by atoms with Crippen LogP contribution in [0.4, 0.5) is 4.39 Å². The quantitative estimate of drug-likeness (QED) is 0.767. The van der Waals surface area contributed by atoms with Crippen LogP contribution in [0.2, 0.25) is 0 Å². The van der Waals surface area contributed by atoms with Gasteiger partial charge in [0.1, 0.15) is 12.7 Å². The SMILES string of the molecule is CN1CCOC(CNCC(O)COc2ccccc2F)C1. The number of likely N-dealkylation sites (N-methyl/N-ethyl adjacent to an activating group) is 1. The molecule has 1 heterocycles. The van der Waals surface area contributed by atoms with Crippen molar-refractivity contribution < 1.29 is 19.0 Å². The fourth-order valence-corrected chi connectivity index (χ4v) is 2.21. The molecule has 1 fully saturated rings. The number of nitrogens with one attached hydrogen (secondary N) is 1. The van der Waals surface area contributed by atoms with E-state index in [4.69, 9.17) is 9.47 Å². The monoisotopic (exact) mass is 298 g/mol.